The lowest BCUT2D eigenvalue weighted by atomic mass is 10.2. The van der Waals surface area contributed by atoms with Crippen molar-refractivity contribution in [3.05, 3.63) is 71.8 Å². The smallest absolute Gasteiger partial charge is 0.246 e. The summed E-state index contributed by atoms with van der Waals surface area (Å²) in [4.78, 5) is 25.1. The number of amides is 1. The summed E-state index contributed by atoms with van der Waals surface area (Å²) in [7, 11) is 0. The van der Waals surface area contributed by atoms with E-state index in [-0.39, 0.29) is 5.91 Å². The van der Waals surface area contributed by atoms with Gasteiger partial charge in [-0.05, 0) is 23.8 Å². The Morgan fingerprint density at radius 3 is 2.57 bits per heavy atom. The molecule has 0 unspecified atom stereocenters. The minimum absolute atomic E-state index is 0.0144. The molecule has 1 aliphatic heterocycles. The molecular weight excluding hydrogens is 376 g/mol. The quantitative estimate of drug-likeness (QED) is 0.636. The first-order valence-corrected chi connectivity index (χ1v) is 9.37. The summed E-state index contributed by atoms with van der Waals surface area (Å²) in [6.07, 6.45) is 8.43. The molecule has 28 heavy (non-hydrogen) atoms. The molecule has 4 rings (SSSR count). The van der Waals surface area contributed by atoms with Gasteiger partial charge in [0.1, 0.15) is 12.1 Å². The number of rotatable bonds is 4. The van der Waals surface area contributed by atoms with Gasteiger partial charge in [-0.25, -0.2) is 14.6 Å². The van der Waals surface area contributed by atoms with Gasteiger partial charge in [0.2, 0.25) is 5.91 Å². The van der Waals surface area contributed by atoms with Gasteiger partial charge in [-0.3, -0.25) is 4.79 Å². The van der Waals surface area contributed by atoms with E-state index in [1.807, 2.05) is 47.5 Å². The van der Waals surface area contributed by atoms with E-state index in [0.29, 0.717) is 31.2 Å². The minimum atomic E-state index is -0.0144. The molecule has 0 spiro atoms. The Morgan fingerprint density at radius 2 is 1.82 bits per heavy atom. The van der Waals surface area contributed by atoms with Crippen molar-refractivity contribution in [2.24, 2.45) is 0 Å². The Bertz CT molecular complexity index is 980. The summed E-state index contributed by atoms with van der Waals surface area (Å²) in [5.41, 5.74) is 0.836. The molecule has 0 saturated carbocycles. The molecule has 2 aromatic heterocycles. The molecule has 1 aromatic carbocycles. The zero-order chi connectivity index (χ0) is 19.3. The van der Waals surface area contributed by atoms with Crippen LogP contribution in [0, 0.1) is 0 Å². The Balaban J connectivity index is 1.38. The van der Waals surface area contributed by atoms with E-state index in [1.165, 1.54) is 6.33 Å². The molecular formula is C20H19ClN6O. The molecule has 0 radical (unpaired) electrons. The highest BCUT2D eigenvalue weighted by atomic mass is 35.5. The number of hydrogen-bond acceptors (Lipinski definition) is 5. The van der Waals surface area contributed by atoms with Gasteiger partial charge in [0, 0.05) is 55.7 Å². The van der Waals surface area contributed by atoms with Crippen molar-refractivity contribution in [3.8, 4) is 5.82 Å². The van der Waals surface area contributed by atoms with Crippen molar-refractivity contribution in [3.63, 3.8) is 0 Å². The molecule has 7 nitrogen and oxygen atoms in total. The lowest BCUT2D eigenvalue weighted by Crippen LogP contribution is -2.48. The standard InChI is InChI=1S/C20H19ClN6O/c21-17-5-2-1-4-16(17)6-7-20(28)26-12-10-25(11-13-26)18-14-19(23-15-22-18)27-9-3-8-24-27/h1-9,14-15H,10-13H2/b7-6+. The molecule has 142 valence electrons. The highest BCUT2D eigenvalue weighted by Crippen LogP contribution is 2.18. The van der Waals surface area contributed by atoms with Gasteiger partial charge in [-0.1, -0.05) is 29.8 Å². The first-order valence-electron chi connectivity index (χ1n) is 8.99. The van der Waals surface area contributed by atoms with E-state index < -0.39 is 0 Å². The number of nitrogens with zero attached hydrogens (tertiary/aromatic N) is 6. The molecule has 3 aromatic rings. The first kappa shape index (κ1) is 18.2. The molecule has 1 fully saturated rings. The van der Waals surface area contributed by atoms with Crippen molar-refractivity contribution < 1.29 is 4.79 Å². The summed E-state index contributed by atoms with van der Waals surface area (Å²) >= 11 is 6.13. The van der Waals surface area contributed by atoms with Crippen molar-refractivity contribution >= 4 is 29.4 Å². The van der Waals surface area contributed by atoms with E-state index in [4.69, 9.17) is 11.6 Å². The van der Waals surface area contributed by atoms with E-state index in [9.17, 15) is 4.79 Å². The number of piperazine rings is 1. The molecule has 1 amide bonds. The van der Waals surface area contributed by atoms with Gasteiger partial charge < -0.3 is 9.80 Å². The topological polar surface area (TPSA) is 67.2 Å². The molecule has 8 heteroatoms. The third-order valence-electron chi connectivity index (χ3n) is 4.60. The Labute approximate surface area is 167 Å². The molecule has 0 aliphatic carbocycles. The van der Waals surface area contributed by atoms with E-state index in [1.54, 1.807) is 23.0 Å². The maximum Gasteiger partial charge on any atom is 0.246 e. The SMILES string of the molecule is O=C(/C=C/c1ccccc1Cl)N1CCN(c2cc(-n3cccn3)ncn2)CC1. The van der Waals surface area contributed by atoms with Crippen molar-refractivity contribution in [1.29, 1.82) is 0 Å². The number of hydrogen-bond donors (Lipinski definition) is 0. The van der Waals surface area contributed by atoms with Crippen LogP contribution in [-0.2, 0) is 4.79 Å². The highest BCUT2D eigenvalue weighted by molar-refractivity contribution is 6.32. The van der Waals surface area contributed by atoms with Crippen LogP contribution in [-0.4, -0.2) is 56.7 Å². The molecule has 0 N–H and O–H groups in total. The van der Waals surface area contributed by atoms with Gasteiger partial charge in [0.05, 0.1) is 0 Å². The summed E-state index contributed by atoms with van der Waals surface area (Å²) in [5.74, 6) is 1.54. The summed E-state index contributed by atoms with van der Waals surface area (Å²) < 4.78 is 1.70. The molecule has 0 bridgehead atoms. The van der Waals surface area contributed by atoms with Crippen LogP contribution in [0.15, 0.2) is 61.2 Å². The van der Waals surface area contributed by atoms with Crippen LogP contribution in [0.3, 0.4) is 0 Å². The van der Waals surface area contributed by atoms with E-state index in [0.717, 1.165) is 17.2 Å². The minimum Gasteiger partial charge on any atom is -0.353 e. The monoisotopic (exact) mass is 394 g/mol. The fourth-order valence-corrected chi connectivity index (χ4v) is 3.27. The normalized spacial score (nSPS) is 14.6. The maximum absolute atomic E-state index is 12.5. The zero-order valence-electron chi connectivity index (χ0n) is 15.1. The van der Waals surface area contributed by atoms with Crippen LogP contribution < -0.4 is 4.90 Å². The summed E-state index contributed by atoms with van der Waals surface area (Å²) in [5, 5.41) is 4.83. The highest BCUT2D eigenvalue weighted by Gasteiger charge is 2.21. The third kappa shape index (κ3) is 4.04. The Hall–Kier alpha value is -3.19. The predicted octanol–water partition coefficient (Wildman–Crippen LogP) is 2.68. The third-order valence-corrected chi connectivity index (χ3v) is 4.95. The van der Waals surface area contributed by atoms with Gasteiger partial charge in [-0.15, -0.1) is 0 Å². The number of anilines is 1. The van der Waals surface area contributed by atoms with E-state index >= 15 is 0 Å². The van der Waals surface area contributed by atoms with E-state index in [2.05, 4.69) is 20.0 Å². The number of halogens is 1. The molecule has 0 atom stereocenters. The number of carbonyl (C=O) groups is 1. The molecule has 1 saturated heterocycles. The van der Waals surface area contributed by atoms with Gasteiger partial charge >= 0.3 is 0 Å². The summed E-state index contributed by atoms with van der Waals surface area (Å²) in [6.45, 7) is 2.68. The average Bonchev–Trinajstić information content (AvgIpc) is 3.28. The van der Waals surface area contributed by atoms with Gasteiger partial charge in [0.25, 0.3) is 0 Å². The zero-order valence-corrected chi connectivity index (χ0v) is 15.9. The van der Waals surface area contributed by atoms with Crippen LogP contribution in [0.2, 0.25) is 5.02 Å². The number of aromatic nitrogens is 4. The van der Waals surface area contributed by atoms with Crippen molar-refractivity contribution in [2.75, 3.05) is 31.1 Å². The average molecular weight is 395 g/mol. The second kappa shape index (κ2) is 8.22. The predicted molar refractivity (Wildman–Crippen MR) is 108 cm³/mol. The number of carbonyl (C=O) groups excluding carboxylic acids is 1. The molecule has 3 heterocycles. The largest absolute Gasteiger partial charge is 0.353 e. The second-order valence-electron chi connectivity index (χ2n) is 6.35. The molecule has 1 aliphatic rings. The van der Waals surface area contributed by atoms with Crippen LogP contribution >= 0.6 is 11.6 Å². The van der Waals surface area contributed by atoms with Crippen LogP contribution in [0.5, 0.6) is 0 Å². The maximum atomic E-state index is 12.5. The number of benzene rings is 1. The van der Waals surface area contributed by atoms with Crippen molar-refractivity contribution in [2.45, 2.75) is 0 Å². The lowest BCUT2D eigenvalue weighted by molar-refractivity contribution is -0.126. The first-order chi connectivity index (χ1) is 13.7. The second-order valence-corrected chi connectivity index (χ2v) is 6.76. The van der Waals surface area contributed by atoms with Gasteiger partial charge in [0.15, 0.2) is 5.82 Å². The fourth-order valence-electron chi connectivity index (χ4n) is 3.07. The lowest BCUT2D eigenvalue weighted by Gasteiger charge is -2.35. The van der Waals surface area contributed by atoms with Gasteiger partial charge in [-0.2, -0.15) is 5.10 Å². The Kier molecular flexibility index (Phi) is 5.34. The van der Waals surface area contributed by atoms with Crippen molar-refractivity contribution in [1.82, 2.24) is 24.6 Å². The van der Waals surface area contributed by atoms with Crippen LogP contribution in [0.1, 0.15) is 5.56 Å². The summed E-state index contributed by atoms with van der Waals surface area (Å²) in [6, 6.07) is 11.2. The Morgan fingerprint density at radius 1 is 1.04 bits per heavy atom. The van der Waals surface area contributed by atoms with Crippen LogP contribution in [0.25, 0.3) is 11.9 Å². The fraction of sp³-hybridized carbons (Fsp3) is 0.200. The van der Waals surface area contributed by atoms with Crippen LogP contribution in [0.4, 0.5) is 5.82 Å².